The van der Waals surface area contributed by atoms with E-state index < -0.39 is 5.54 Å². The van der Waals surface area contributed by atoms with Gasteiger partial charge in [-0.25, -0.2) is 0 Å². The van der Waals surface area contributed by atoms with Gasteiger partial charge in [-0.2, -0.15) is 0 Å². The van der Waals surface area contributed by atoms with E-state index in [1.807, 2.05) is 13.8 Å². The number of thioether (sulfide) groups is 1. The minimum atomic E-state index is -0.561. The van der Waals surface area contributed by atoms with Crippen LogP contribution in [0.5, 0.6) is 0 Å². The number of amides is 1. The lowest BCUT2D eigenvalue weighted by atomic mass is 9.80. The van der Waals surface area contributed by atoms with E-state index in [4.69, 9.17) is 5.73 Å². The molecule has 0 aromatic carbocycles. The number of nitrogens with two attached hydrogens (primary N) is 1. The van der Waals surface area contributed by atoms with Crippen molar-refractivity contribution >= 4 is 29.0 Å². The fraction of sp³-hybridized carbons (Fsp3) is 0.750. The summed E-state index contributed by atoms with van der Waals surface area (Å²) in [5.41, 5.74) is 6.82. The number of primary amides is 1. The van der Waals surface area contributed by atoms with Crippen molar-refractivity contribution in [3.05, 3.63) is 5.51 Å². The van der Waals surface area contributed by atoms with Gasteiger partial charge in [0.15, 0.2) is 4.34 Å². The van der Waals surface area contributed by atoms with E-state index in [0.717, 1.165) is 30.0 Å². The minimum absolute atomic E-state index is 0.233. The van der Waals surface area contributed by atoms with Crippen molar-refractivity contribution in [1.82, 2.24) is 15.5 Å². The van der Waals surface area contributed by atoms with Gasteiger partial charge >= 0.3 is 0 Å². The zero-order valence-corrected chi connectivity index (χ0v) is 12.9. The molecule has 1 saturated carbocycles. The molecule has 1 fully saturated rings. The molecule has 0 spiro atoms. The highest BCUT2D eigenvalue weighted by Gasteiger charge is 2.42. The summed E-state index contributed by atoms with van der Waals surface area (Å²) in [5.74, 6) is -0.233. The Hall–Kier alpha value is -0.660. The van der Waals surface area contributed by atoms with Crippen LogP contribution in [0.15, 0.2) is 9.85 Å². The molecule has 1 aromatic heterocycles. The number of hydrogen-bond acceptors (Lipinski definition) is 6. The van der Waals surface area contributed by atoms with Crippen LogP contribution in [0.25, 0.3) is 0 Å². The molecule has 0 bridgehead atoms. The third-order valence-corrected chi connectivity index (χ3v) is 5.43. The fourth-order valence-electron chi connectivity index (χ4n) is 2.66. The van der Waals surface area contributed by atoms with Crippen molar-refractivity contribution in [2.45, 2.75) is 60.7 Å². The SMILES string of the molecule is CC(C)NC1(C(N)=O)CCCC(Sc2nncs2)C1. The fourth-order valence-corrected chi connectivity index (χ4v) is 4.73. The zero-order chi connectivity index (χ0) is 13.9. The molecule has 1 heterocycles. The van der Waals surface area contributed by atoms with Crippen LogP contribution in [-0.4, -0.2) is 32.9 Å². The van der Waals surface area contributed by atoms with Crippen molar-refractivity contribution in [3.63, 3.8) is 0 Å². The van der Waals surface area contributed by atoms with Crippen molar-refractivity contribution in [1.29, 1.82) is 0 Å². The Labute approximate surface area is 121 Å². The van der Waals surface area contributed by atoms with Gasteiger partial charge in [0.1, 0.15) is 5.51 Å². The first-order valence-electron chi connectivity index (χ1n) is 6.52. The van der Waals surface area contributed by atoms with Crippen LogP contribution in [0, 0.1) is 0 Å². The second-order valence-electron chi connectivity index (χ2n) is 5.29. The molecule has 1 aliphatic carbocycles. The number of nitrogens with one attached hydrogen (secondary N) is 1. The second-order valence-corrected chi connectivity index (χ2v) is 7.67. The van der Waals surface area contributed by atoms with E-state index in [1.54, 1.807) is 28.6 Å². The third-order valence-electron chi connectivity index (χ3n) is 3.35. The molecular formula is C12H20N4OS2. The highest BCUT2D eigenvalue weighted by atomic mass is 32.2. The predicted octanol–water partition coefficient (Wildman–Crippen LogP) is 1.79. The topological polar surface area (TPSA) is 80.9 Å². The van der Waals surface area contributed by atoms with Crippen molar-refractivity contribution in [2.75, 3.05) is 0 Å². The maximum absolute atomic E-state index is 11.9. The van der Waals surface area contributed by atoms with Gasteiger partial charge in [-0.3, -0.25) is 4.79 Å². The average molecular weight is 300 g/mol. The van der Waals surface area contributed by atoms with Gasteiger partial charge in [-0.05, 0) is 39.5 Å². The molecule has 1 aliphatic rings. The van der Waals surface area contributed by atoms with E-state index in [1.165, 1.54) is 0 Å². The molecule has 0 radical (unpaired) electrons. The van der Waals surface area contributed by atoms with Crippen LogP contribution in [-0.2, 0) is 4.79 Å². The summed E-state index contributed by atoms with van der Waals surface area (Å²) in [7, 11) is 0. The van der Waals surface area contributed by atoms with Crippen LogP contribution in [0.4, 0.5) is 0 Å². The van der Waals surface area contributed by atoms with Gasteiger partial charge in [-0.15, -0.1) is 10.2 Å². The molecule has 2 unspecified atom stereocenters. The lowest BCUT2D eigenvalue weighted by molar-refractivity contribution is -0.126. The Morgan fingerprint density at radius 2 is 2.47 bits per heavy atom. The summed E-state index contributed by atoms with van der Waals surface area (Å²) in [5, 5.41) is 11.7. The largest absolute Gasteiger partial charge is 0.368 e. The average Bonchev–Trinajstić information content (AvgIpc) is 2.81. The Morgan fingerprint density at radius 1 is 1.68 bits per heavy atom. The highest BCUT2D eigenvalue weighted by Crippen LogP contribution is 2.38. The quantitative estimate of drug-likeness (QED) is 0.866. The Balaban J connectivity index is 2.06. The molecule has 1 amide bonds. The number of hydrogen-bond donors (Lipinski definition) is 2. The van der Waals surface area contributed by atoms with E-state index in [2.05, 4.69) is 15.5 Å². The summed E-state index contributed by atoms with van der Waals surface area (Å²) in [6.45, 7) is 4.10. The standard InChI is InChI=1S/C12H20N4OS2/c1-8(2)15-12(10(13)17)5-3-4-9(6-12)19-11-16-14-7-18-11/h7-9,15H,3-6H2,1-2H3,(H2,13,17). The molecule has 2 rings (SSSR count). The predicted molar refractivity (Wildman–Crippen MR) is 78.2 cm³/mol. The zero-order valence-electron chi connectivity index (χ0n) is 11.3. The van der Waals surface area contributed by atoms with Gasteiger partial charge in [0.05, 0.1) is 5.54 Å². The second kappa shape index (κ2) is 6.19. The van der Waals surface area contributed by atoms with Crippen LogP contribution in [0.2, 0.25) is 0 Å². The molecule has 5 nitrogen and oxygen atoms in total. The van der Waals surface area contributed by atoms with Crippen LogP contribution >= 0.6 is 23.1 Å². The molecule has 106 valence electrons. The lowest BCUT2D eigenvalue weighted by Gasteiger charge is -2.40. The summed E-state index contributed by atoms with van der Waals surface area (Å²) in [6, 6.07) is 0.248. The summed E-state index contributed by atoms with van der Waals surface area (Å²) in [6.07, 6.45) is 3.70. The molecule has 19 heavy (non-hydrogen) atoms. The summed E-state index contributed by atoms with van der Waals surface area (Å²) < 4.78 is 0.967. The molecular weight excluding hydrogens is 280 g/mol. The number of carbonyl (C=O) groups is 1. The van der Waals surface area contributed by atoms with Crippen molar-refractivity contribution in [3.8, 4) is 0 Å². The van der Waals surface area contributed by atoms with E-state index in [-0.39, 0.29) is 11.9 Å². The number of rotatable bonds is 5. The summed E-state index contributed by atoms with van der Waals surface area (Å²) >= 11 is 3.26. The van der Waals surface area contributed by atoms with E-state index in [9.17, 15) is 4.79 Å². The molecule has 2 atom stereocenters. The van der Waals surface area contributed by atoms with E-state index in [0.29, 0.717) is 5.25 Å². The van der Waals surface area contributed by atoms with Crippen LogP contribution < -0.4 is 11.1 Å². The first-order valence-corrected chi connectivity index (χ1v) is 8.28. The Kier molecular flexibility index (Phi) is 4.81. The normalized spacial score (nSPS) is 27.6. The molecule has 0 saturated heterocycles. The lowest BCUT2D eigenvalue weighted by Crippen LogP contribution is -2.60. The maximum Gasteiger partial charge on any atom is 0.237 e. The molecule has 0 aliphatic heterocycles. The first-order chi connectivity index (χ1) is 9.02. The Morgan fingerprint density at radius 3 is 3.05 bits per heavy atom. The monoisotopic (exact) mass is 300 g/mol. The number of carbonyl (C=O) groups excluding carboxylic acids is 1. The highest BCUT2D eigenvalue weighted by molar-refractivity contribution is 8.01. The first kappa shape index (κ1) is 14.7. The van der Waals surface area contributed by atoms with Gasteiger partial charge < -0.3 is 11.1 Å². The molecule has 3 N–H and O–H groups in total. The third kappa shape index (κ3) is 3.67. The maximum atomic E-state index is 11.9. The minimum Gasteiger partial charge on any atom is -0.368 e. The van der Waals surface area contributed by atoms with Gasteiger partial charge in [0, 0.05) is 11.3 Å². The van der Waals surface area contributed by atoms with E-state index >= 15 is 0 Å². The molecule has 7 heteroatoms. The Bertz CT molecular complexity index is 423. The summed E-state index contributed by atoms with van der Waals surface area (Å²) in [4.78, 5) is 11.9. The number of nitrogens with zero attached hydrogens (tertiary/aromatic N) is 2. The van der Waals surface area contributed by atoms with Crippen LogP contribution in [0.1, 0.15) is 39.5 Å². The smallest absolute Gasteiger partial charge is 0.237 e. The van der Waals surface area contributed by atoms with Gasteiger partial charge in [0.2, 0.25) is 5.91 Å². The van der Waals surface area contributed by atoms with Crippen molar-refractivity contribution < 1.29 is 4.79 Å². The van der Waals surface area contributed by atoms with Gasteiger partial charge in [0.25, 0.3) is 0 Å². The molecule has 1 aromatic rings. The number of aromatic nitrogens is 2. The van der Waals surface area contributed by atoms with Crippen molar-refractivity contribution in [2.24, 2.45) is 5.73 Å². The van der Waals surface area contributed by atoms with Crippen LogP contribution in [0.3, 0.4) is 0 Å². The van der Waals surface area contributed by atoms with Gasteiger partial charge in [-0.1, -0.05) is 23.1 Å².